The van der Waals surface area contributed by atoms with Crippen LogP contribution in [0.1, 0.15) is 11.1 Å². The molecule has 0 radical (unpaired) electrons. The Morgan fingerprint density at radius 3 is 2.19 bits per heavy atom. The molecule has 0 bridgehead atoms. The van der Waals surface area contributed by atoms with Crippen molar-refractivity contribution in [3.63, 3.8) is 0 Å². The third-order valence-corrected chi connectivity index (χ3v) is 8.30. The van der Waals surface area contributed by atoms with Gasteiger partial charge in [0.1, 0.15) is 5.82 Å². The largest absolute Gasteiger partial charge is 0.292 e. The number of hydrogen-bond donors (Lipinski definition) is 0. The molecule has 0 saturated carbocycles. The summed E-state index contributed by atoms with van der Waals surface area (Å²) in [4.78, 5) is 5.11. The van der Waals surface area contributed by atoms with Crippen LogP contribution in [-0.4, -0.2) is 9.55 Å². The Labute approximate surface area is 214 Å². The van der Waals surface area contributed by atoms with E-state index in [2.05, 4.69) is 128 Å². The molecule has 172 valence electrons. The van der Waals surface area contributed by atoms with E-state index in [1.165, 1.54) is 48.0 Å². The molecular formula is C33H24N2S. The number of hydrogen-bond acceptors (Lipinski definition) is 2. The van der Waals surface area contributed by atoms with Gasteiger partial charge in [-0.25, -0.2) is 4.98 Å². The Kier molecular flexibility index (Phi) is 4.80. The number of nitrogens with zero attached hydrogens (tertiary/aromatic N) is 2. The number of thiophene rings is 1. The maximum absolute atomic E-state index is 5.11. The normalized spacial score (nSPS) is 11.6. The second-order valence-electron chi connectivity index (χ2n) is 9.36. The second kappa shape index (κ2) is 8.18. The van der Waals surface area contributed by atoms with Crippen molar-refractivity contribution in [1.29, 1.82) is 0 Å². The topological polar surface area (TPSA) is 17.8 Å². The number of imidazole rings is 1. The summed E-state index contributed by atoms with van der Waals surface area (Å²) in [6.45, 7) is 4.43. The van der Waals surface area contributed by atoms with Crippen molar-refractivity contribution < 1.29 is 0 Å². The Hall–Kier alpha value is -4.21. The maximum atomic E-state index is 5.11. The highest BCUT2D eigenvalue weighted by Crippen LogP contribution is 2.42. The zero-order chi connectivity index (χ0) is 24.2. The summed E-state index contributed by atoms with van der Waals surface area (Å²) in [5.41, 5.74) is 9.49. The van der Waals surface area contributed by atoms with Crippen molar-refractivity contribution in [1.82, 2.24) is 9.55 Å². The first-order valence-electron chi connectivity index (χ1n) is 12.2. The lowest BCUT2D eigenvalue weighted by Gasteiger charge is -2.15. The molecule has 2 heterocycles. The third kappa shape index (κ3) is 3.20. The van der Waals surface area contributed by atoms with Gasteiger partial charge >= 0.3 is 0 Å². The van der Waals surface area contributed by atoms with Crippen LogP contribution in [0.3, 0.4) is 0 Å². The first-order valence-corrected chi connectivity index (χ1v) is 13.1. The average molecular weight is 481 g/mol. The van der Waals surface area contributed by atoms with E-state index in [0.29, 0.717) is 0 Å². The fourth-order valence-corrected chi connectivity index (χ4v) is 6.58. The van der Waals surface area contributed by atoms with Crippen molar-refractivity contribution in [2.24, 2.45) is 0 Å². The summed E-state index contributed by atoms with van der Waals surface area (Å²) < 4.78 is 4.97. The van der Waals surface area contributed by atoms with Crippen LogP contribution in [0.25, 0.3) is 59.4 Å². The first kappa shape index (κ1) is 21.1. The number of fused-ring (bicyclic) bond motifs is 4. The number of rotatable bonds is 3. The van der Waals surface area contributed by atoms with Gasteiger partial charge in [-0.2, -0.15) is 0 Å². The van der Waals surface area contributed by atoms with Gasteiger partial charge in [-0.3, -0.25) is 4.57 Å². The molecule has 0 atom stereocenters. The van der Waals surface area contributed by atoms with Gasteiger partial charge in [0, 0.05) is 31.4 Å². The lowest BCUT2D eigenvalue weighted by atomic mass is 9.93. The van der Waals surface area contributed by atoms with Gasteiger partial charge in [-0.1, -0.05) is 72.8 Å². The van der Waals surface area contributed by atoms with E-state index in [-0.39, 0.29) is 0 Å². The van der Waals surface area contributed by atoms with Crippen molar-refractivity contribution in [2.45, 2.75) is 13.8 Å². The Morgan fingerprint density at radius 2 is 1.31 bits per heavy atom. The highest BCUT2D eigenvalue weighted by atomic mass is 32.1. The molecule has 0 aliphatic heterocycles. The molecule has 0 amide bonds. The number of para-hydroxylation sites is 3. The number of aromatic nitrogens is 2. The zero-order valence-corrected chi connectivity index (χ0v) is 21.0. The lowest BCUT2D eigenvalue weighted by Crippen LogP contribution is -1.99. The van der Waals surface area contributed by atoms with Crippen LogP contribution in [0.2, 0.25) is 0 Å². The summed E-state index contributed by atoms with van der Waals surface area (Å²) in [6.07, 6.45) is 0. The monoisotopic (exact) mass is 480 g/mol. The molecule has 2 aromatic heterocycles. The molecule has 0 spiro atoms. The van der Waals surface area contributed by atoms with Crippen LogP contribution in [-0.2, 0) is 0 Å². The van der Waals surface area contributed by atoms with Crippen LogP contribution >= 0.6 is 11.3 Å². The summed E-state index contributed by atoms with van der Waals surface area (Å²) in [7, 11) is 0. The molecule has 0 aliphatic carbocycles. The molecular weight excluding hydrogens is 456 g/mol. The lowest BCUT2D eigenvalue weighted by molar-refractivity contribution is 1.10. The quantitative estimate of drug-likeness (QED) is 0.246. The van der Waals surface area contributed by atoms with E-state index in [0.717, 1.165) is 22.5 Å². The molecule has 0 unspecified atom stereocenters. The van der Waals surface area contributed by atoms with E-state index in [1.807, 2.05) is 11.3 Å². The van der Waals surface area contributed by atoms with Crippen molar-refractivity contribution in [3.8, 4) is 28.2 Å². The highest BCUT2D eigenvalue weighted by Gasteiger charge is 2.18. The average Bonchev–Trinajstić information content (AvgIpc) is 3.49. The van der Waals surface area contributed by atoms with E-state index in [1.54, 1.807) is 0 Å². The smallest absolute Gasteiger partial charge is 0.146 e. The predicted molar refractivity (Wildman–Crippen MR) is 154 cm³/mol. The molecule has 0 N–H and O–H groups in total. The van der Waals surface area contributed by atoms with Gasteiger partial charge in [-0.15, -0.1) is 11.3 Å². The highest BCUT2D eigenvalue weighted by molar-refractivity contribution is 7.26. The molecule has 0 aliphatic rings. The number of aryl methyl sites for hydroxylation is 2. The number of benzene rings is 5. The van der Waals surface area contributed by atoms with Crippen LogP contribution in [0.15, 0.2) is 109 Å². The van der Waals surface area contributed by atoms with E-state index >= 15 is 0 Å². The summed E-state index contributed by atoms with van der Waals surface area (Å²) in [6, 6.07) is 39.0. The summed E-state index contributed by atoms with van der Waals surface area (Å²) in [5, 5.41) is 2.67. The molecule has 7 rings (SSSR count). The van der Waals surface area contributed by atoms with Gasteiger partial charge in [0.25, 0.3) is 0 Å². The maximum Gasteiger partial charge on any atom is 0.146 e. The minimum absolute atomic E-state index is 0.981. The van der Waals surface area contributed by atoms with Gasteiger partial charge in [0.2, 0.25) is 0 Å². The third-order valence-electron chi connectivity index (χ3n) is 7.08. The van der Waals surface area contributed by atoms with Gasteiger partial charge < -0.3 is 0 Å². The molecule has 3 heteroatoms. The zero-order valence-electron chi connectivity index (χ0n) is 20.2. The predicted octanol–water partition coefficient (Wildman–Crippen LogP) is 9.34. The van der Waals surface area contributed by atoms with E-state index < -0.39 is 0 Å². The Balaban J connectivity index is 1.45. The van der Waals surface area contributed by atoms with E-state index in [9.17, 15) is 0 Å². The Bertz CT molecular complexity index is 1910. The van der Waals surface area contributed by atoms with E-state index in [4.69, 9.17) is 4.98 Å². The second-order valence-corrected chi connectivity index (χ2v) is 10.4. The molecule has 0 fully saturated rings. The minimum Gasteiger partial charge on any atom is -0.292 e. The van der Waals surface area contributed by atoms with Crippen molar-refractivity contribution >= 4 is 42.5 Å². The summed E-state index contributed by atoms with van der Waals surface area (Å²) >= 11 is 1.88. The molecule has 7 aromatic rings. The molecule has 0 saturated heterocycles. The van der Waals surface area contributed by atoms with Crippen molar-refractivity contribution in [2.75, 3.05) is 0 Å². The van der Waals surface area contributed by atoms with Gasteiger partial charge in [0.15, 0.2) is 0 Å². The fourth-order valence-electron chi connectivity index (χ4n) is 5.35. The fraction of sp³-hybridized carbons (Fsp3) is 0.0606. The van der Waals surface area contributed by atoms with Crippen LogP contribution in [0.4, 0.5) is 0 Å². The molecule has 5 aromatic carbocycles. The molecule has 36 heavy (non-hydrogen) atoms. The minimum atomic E-state index is 0.981. The van der Waals surface area contributed by atoms with Crippen LogP contribution in [0, 0.1) is 13.8 Å². The SMILES string of the molecule is Cc1cc(-c2nc3ccccc3n2-c2ccccc2)c(C)cc1-c1cccc2c1sc1ccccc12. The Morgan fingerprint density at radius 1 is 0.611 bits per heavy atom. The van der Waals surface area contributed by atoms with Crippen LogP contribution in [0.5, 0.6) is 0 Å². The van der Waals surface area contributed by atoms with Crippen molar-refractivity contribution in [3.05, 3.63) is 120 Å². The first-order chi connectivity index (χ1) is 17.7. The van der Waals surface area contributed by atoms with Crippen LogP contribution < -0.4 is 0 Å². The van der Waals surface area contributed by atoms with Gasteiger partial charge in [0.05, 0.1) is 11.0 Å². The van der Waals surface area contributed by atoms with Gasteiger partial charge in [-0.05, 0) is 72.5 Å². The summed E-state index contributed by atoms with van der Waals surface area (Å²) in [5.74, 6) is 0.981. The standard InChI is InChI=1S/C33H24N2S/c1-21-20-28(33-34-29-16-7-8-17-30(29)35(33)23-11-4-3-5-12-23)22(2)19-27(21)26-15-10-14-25-24-13-6-9-18-31(24)36-32(25)26/h3-20H,1-2H3. The molecule has 2 nitrogen and oxygen atoms in total.